The Morgan fingerprint density at radius 3 is 2.21 bits per heavy atom. The molecule has 0 amide bonds. The van der Waals surface area contributed by atoms with Gasteiger partial charge in [-0.05, 0) is 25.7 Å². The highest BCUT2D eigenvalue weighted by molar-refractivity contribution is 7.55. The summed E-state index contributed by atoms with van der Waals surface area (Å²) in [5, 5.41) is 0. The molecule has 0 aliphatic heterocycles. The van der Waals surface area contributed by atoms with Crippen molar-refractivity contribution in [1.82, 2.24) is 0 Å². The summed E-state index contributed by atoms with van der Waals surface area (Å²) in [6.07, 6.45) is 20.0. The van der Waals surface area contributed by atoms with Gasteiger partial charge in [-0.1, -0.05) is 62.3 Å². The summed E-state index contributed by atoms with van der Waals surface area (Å²) in [6, 6.07) is 0. The van der Waals surface area contributed by atoms with Crippen LogP contribution in [0.2, 0.25) is 0 Å². The van der Waals surface area contributed by atoms with Gasteiger partial charge in [-0.15, -0.1) is 0 Å². The van der Waals surface area contributed by atoms with Gasteiger partial charge in [-0.2, -0.15) is 0 Å². The Bertz CT molecular complexity index is 362. The first-order valence-corrected chi connectivity index (χ1v) is 8.44. The second-order valence-corrected chi connectivity index (χ2v) is 5.73. The van der Waals surface area contributed by atoms with Gasteiger partial charge < -0.3 is 9.79 Å². The molecule has 108 valence electrons. The van der Waals surface area contributed by atoms with Crippen LogP contribution in [0.4, 0.5) is 0 Å². The van der Waals surface area contributed by atoms with E-state index in [2.05, 4.69) is 25.2 Å². The molecule has 3 nitrogen and oxygen atoms in total. The van der Waals surface area contributed by atoms with Crippen LogP contribution in [0.25, 0.3) is 0 Å². The molecule has 0 saturated carbocycles. The molecule has 0 rings (SSSR count). The van der Waals surface area contributed by atoms with Crippen LogP contribution in [0.5, 0.6) is 0 Å². The second kappa shape index (κ2) is 12.2. The van der Waals surface area contributed by atoms with Crippen molar-refractivity contribution in [2.45, 2.75) is 45.4 Å². The number of hydrogen-bond donors (Lipinski definition) is 2. The van der Waals surface area contributed by atoms with E-state index in [4.69, 9.17) is 9.79 Å². The van der Waals surface area contributed by atoms with E-state index in [1.54, 1.807) is 0 Å². The van der Waals surface area contributed by atoms with E-state index in [1.807, 2.05) is 18.2 Å². The van der Waals surface area contributed by atoms with Gasteiger partial charge >= 0.3 is 7.60 Å². The fourth-order valence-corrected chi connectivity index (χ4v) is 1.76. The summed E-state index contributed by atoms with van der Waals surface area (Å²) < 4.78 is 10.5. The molecule has 0 fully saturated rings. The van der Waals surface area contributed by atoms with Gasteiger partial charge in [0.2, 0.25) is 0 Å². The van der Waals surface area contributed by atoms with E-state index < -0.39 is 7.60 Å². The van der Waals surface area contributed by atoms with Gasteiger partial charge in [0.15, 0.2) is 0 Å². The zero-order valence-corrected chi connectivity index (χ0v) is 12.5. The standard InChI is InChI=1S/C15H25O3P/c1-2-3-4-5-6-7-8-9-10-11-12-13-14-15-19(16,17)18/h5-6,9-12,14-15H,2-4,7-8,13H2,1H3,(H2,16,17,18). The normalized spacial score (nSPS) is 13.6. The molecule has 0 aromatic rings. The Morgan fingerprint density at radius 1 is 0.895 bits per heavy atom. The maximum absolute atomic E-state index is 10.5. The Morgan fingerprint density at radius 2 is 1.53 bits per heavy atom. The summed E-state index contributed by atoms with van der Waals surface area (Å²) in [7, 11) is -3.99. The first-order chi connectivity index (χ1) is 9.06. The molecule has 0 spiro atoms. The van der Waals surface area contributed by atoms with E-state index in [1.165, 1.54) is 25.3 Å². The van der Waals surface area contributed by atoms with Crippen molar-refractivity contribution in [1.29, 1.82) is 0 Å². The third-order valence-electron chi connectivity index (χ3n) is 2.35. The summed E-state index contributed by atoms with van der Waals surface area (Å²) in [4.78, 5) is 17.1. The number of unbranched alkanes of at least 4 members (excludes halogenated alkanes) is 3. The SMILES string of the molecule is CCCCC=CCCC=CC=CCC=CP(=O)(O)O. The predicted molar refractivity (Wildman–Crippen MR) is 82.0 cm³/mol. The zero-order chi connectivity index (χ0) is 14.4. The Balaban J connectivity index is 3.55. The second-order valence-electron chi connectivity index (χ2n) is 4.26. The van der Waals surface area contributed by atoms with Crippen LogP contribution in [0.3, 0.4) is 0 Å². The summed E-state index contributed by atoms with van der Waals surface area (Å²) in [5.74, 6) is 0.933. The van der Waals surface area contributed by atoms with E-state index in [0.717, 1.165) is 18.7 Å². The predicted octanol–water partition coefficient (Wildman–Crippen LogP) is 4.71. The Hall–Kier alpha value is -0.890. The summed E-state index contributed by atoms with van der Waals surface area (Å²) in [6.45, 7) is 2.19. The molecule has 0 atom stereocenters. The Labute approximate surface area is 116 Å². The van der Waals surface area contributed by atoms with Crippen molar-refractivity contribution >= 4 is 7.60 Å². The van der Waals surface area contributed by atoms with Crippen LogP contribution in [-0.4, -0.2) is 9.79 Å². The fraction of sp³-hybridized carbons (Fsp3) is 0.467. The van der Waals surface area contributed by atoms with Gasteiger partial charge in [0.1, 0.15) is 0 Å². The minimum Gasteiger partial charge on any atom is -0.321 e. The van der Waals surface area contributed by atoms with Gasteiger partial charge in [0, 0.05) is 5.82 Å². The Kier molecular flexibility index (Phi) is 11.6. The molecular weight excluding hydrogens is 259 g/mol. The van der Waals surface area contributed by atoms with Crippen molar-refractivity contribution in [3.8, 4) is 0 Å². The first-order valence-electron chi connectivity index (χ1n) is 6.76. The smallest absolute Gasteiger partial charge is 0.321 e. The molecule has 0 unspecified atom stereocenters. The average molecular weight is 284 g/mol. The minimum atomic E-state index is -3.99. The van der Waals surface area contributed by atoms with Crippen LogP contribution < -0.4 is 0 Å². The highest BCUT2D eigenvalue weighted by Crippen LogP contribution is 2.35. The fourth-order valence-electron chi connectivity index (χ4n) is 1.36. The van der Waals surface area contributed by atoms with E-state index >= 15 is 0 Å². The van der Waals surface area contributed by atoms with Crippen molar-refractivity contribution in [2.24, 2.45) is 0 Å². The largest absolute Gasteiger partial charge is 0.348 e. The van der Waals surface area contributed by atoms with Crippen LogP contribution in [0, 0.1) is 0 Å². The van der Waals surface area contributed by atoms with Crippen molar-refractivity contribution < 1.29 is 14.4 Å². The monoisotopic (exact) mass is 284 g/mol. The highest BCUT2D eigenvalue weighted by atomic mass is 31.2. The highest BCUT2D eigenvalue weighted by Gasteiger charge is 2.03. The molecule has 0 saturated heterocycles. The molecule has 19 heavy (non-hydrogen) atoms. The number of rotatable bonds is 10. The topological polar surface area (TPSA) is 57.5 Å². The number of allylic oxidation sites excluding steroid dienone is 7. The van der Waals surface area contributed by atoms with Crippen LogP contribution >= 0.6 is 7.60 Å². The molecule has 0 bridgehead atoms. The van der Waals surface area contributed by atoms with Gasteiger partial charge in [-0.25, -0.2) is 0 Å². The third-order valence-corrected chi connectivity index (χ3v) is 2.95. The van der Waals surface area contributed by atoms with Crippen LogP contribution in [0.15, 0.2) is 48.3 Å². The van der Waals surface area contributed by atoms with Crippen LogP contribution in [0.1, 0.15) is 45.4 Å². The maximum Gasteiger partial charge on any atom is 0.348 e. The summed E-state index contributed by atoms with van der Waals surface area (Å²) >= 11 is 0. The van der Waals surface area contributed by atoms with Crippen molar-refractivity contribution in [2.75, 3.05) is 0 Å². The van der Waals surface area contributed by atoms with Gasteiger partial charge in [0.25, 0.3) is 0 Å². The average Bonchev–Trinajstić information content (AvgIpc) is 2.34. The molecule has 0 heterocycles. The molecule has 0 radical (unpaired) electrons. The lowest BCUT2D eigenvalue weighted by Gasteiger charge is -1.91. The van der Waals surface area contributed by atoms with Crippen molar-refractivity contribution in [3.05, 3.63) is 48.3 Å². The van der Waals surface area contributed by atoms with Gasteiger partial charge in [-0.3, -0.25) is 4.57 Å². The van der Waals surface area contributed by atoms with Crippen molar-refractivity contribution in [3.63, 3.8) is 0 Å². The summed E-state index contributed by atoms with van der Waals surface area (Å²) in [5.41, 5.74) is 0. The molecule has 0 aliphatic rings. The molecule has 2 N–H and O–H groups in total. The molecule has 0 aliphatic carbocycles. The van der Waals surface area contributed by atoms with E-state index in [9.17, 15) is 4.57 Å². The first kappa shape index (κ1) is 18.1. The molecule has 0 aromatic carbocycles. The maximum atomic E-state index is 10.5. The molecule has 4 heteroatoms. The zero-order valence-electron chi connectivity index (χ0n) is 11.6. The minimum absolute atomic E-state index is 0.534. The van der Waals surface area contributed by atoms with E-state index in [0.29, 0.717) is 6.42 Å². The lowest BCUT2D eigenvalue weighted by molar-refractivity contribution is 0.386. The molecular formula is C15H25O3P. The quantitative estimate of drug-likeness (QED) is 0.264. The third kappa shape index (κ3) is 17.1. The van der Waals surface area contributed by atoms with Gasteiger partial charge in [0.05, 0.1) is 0 Å². The van der Waals surface area contributed by atoms with Crippen LogP contribution in [-0.2, 0) is 4.57 Å². The lowest BCUT2D eigenvalue weighted by Crippen LogP contribution is -1.69. The lowest BCUT2D eigenvalue weighted by atomic mass is 10.2. The molecule has 0 aromatic heterocycles. The van der Waals surface area contributed by atoms with E-state index in [-0.39, 0.29) is 0 Å². The number of hydrogen-bond acceptors (Lipinski definition) is 1.